The summed E-state index contributed by atoms with van der Waals surface area (Å²) in [6.07, 6.45) is 17.5. The first kappa shape index (κ1) is 21.4. The van der Waals surface area contributed by atoms with Gasteiger partial charge in [-0.3, -0.25) is 10.0 Å². The molecular formula is C19H39NO2. The zero-order valence-electron chi connectivity index (χ0n) is 15.3. The molecule has 0 aromatic carbocycles. The molecule has 0 aromatic rings. The molecule has 0 aliphatic rings. The summed E-state index contributed by atoms with van der Waals surface area (Å²) in [6, 6.07) is 0. The highest BCUT2D eigenvalue weighted by Gasteiger charge is 2.04. The summed E-state index contributed by atoms with van der Waals surface area (Å²) in [5.74, 6) is 0.691. The number of rotatable bonds is 15. The number of amides is 1. The second kappa shape index (κ2) is 15.3. The molecule has 0 radical (unpaired) electrons. The molecule has 0 aliphatic heterocycles. The van der Waals surface area contributed by atoms with E-state index in [2.05, 4.69) is 13.8 Å². The first-order valence-electron chi connectivity index (χ1n) is 9.49. The number of unbranched alkanes of at least 4 members (excludes halogenated alkanes) is 11. The van der Waals surface area contributed by atoms with Crippen LogP contribution in [0.3, 0.4) is 0 Å². The maximum Gasteiger partial charge on any atom is 0.245 e. The standard InChI is InChI=1S/C19H39NO2/c1-18(2)16-14-12-10-8-6-4-5-7-9-11-13-15-17-19(21)20(3)22/h18,22H,4-17H2,1-3H3. The van der Waals surface area contributed by atoms with Gasteiger partial charge >= 0.3 is 0 Å². The maximum atomic E-state index is 11.2. The average Bonchev–Trinajstić information content (AvgIpc) is 2.46. The number of nitrogens with zero attached hydrogens (tertiary/aromatic N) is 1. The number of carbonyl (C=O) groups excluding carboxylic acids is 1. The van der Waals surface area contributed by atoms with E-state index in [1.807, 2.05) is 0 Å². The van der Waals surface area contributed by atoms with Gasteiger partial charge in [0.15, 0.2) is 0 Å². The molecule has 0 atom stereocenters. The second-order valence-corrected chi connectivity index (χ2v) is 7.09. The third-order valence-electron chi connectivity index (χ3n) is 4.28. The van der Waals surface area contributed by atoms with Crippen molar-refractivity contribution in [2.45, 2.75) is 104 Å². The molecule has 0 heterocycles. The van der Waals surface area contributed by atoms with Crippen molar-refractivity contribution in [1.29, 1.82) is 0 Å². The fourth-order valence-electron chi connectivity index (χ4n) is 2.76. The Morgan fingerprint density at radius 3 is 1.50 bits per heavy atom. The maximum absolute atomic E-state index is 11.2. The van der Waals surface area contributed by atoms with E-state index in [1.165, 1.54) is 77.7 Å². The van der Waals surface area contributed by atoms with Gasteiger partial charge in [0.05, 0.1) is 0 Å². The molecule has 1 N–H and O–H groups in total. The molecule has 0 saturated carbocycles. The second-order valence-electron chi connectivity index (χ2n) is 7.09. The lowest BCUT2D eigenvalue weighted by Gasteiger charge is -2.07. The van der Waals surface area contributed by atoms with Gasteiger partial charge in [0, 0.05) is 13.5 Å². The number of hydrogen-bond acceptors (Lipinski definition) is 2. The molecule has 3 nitrogen and oxygen atoms in total. The summed E-state index contributed by atoms with van der Waals surface area (Å²) in [5, 5.41) is 9.62. The van der Waals surface area contributed by atoms with Gasteiger partial charge < -0.3 is 0 Å². The predicted molar refractivity (Wildman–Crippen MR) is 94.0 cm³/mol. The van der Waals surface area contributed by atoms with Gasteiger partial charge in [0.2, 0.25) is 5.91 Å². The Morgan fingerprint density at radius 2 is 1.14 bits per heavy atom. The molecule has 132 valence electrons. The van der Waals surface area contributed by atoms with Crippen LogP contribution in [0.1, 0.15) is 104 Å². The van der Waals surface area contributed by atoms with Gasteiger partial charge in [-0.1, -0.05) is 90.9 Å². The van der Waals surface area contributed by atoms with Crippen molar-refractivity contribution in [2.75, 3.05) is 7.05 Å². The van der Waals surface area contributed by atoms with Crippen LogP contribution < -0.4 is 0 Å². The van der Waals surface area contributed by atoms with Crippen LogP contribution in [-0.4, -0.2) is 23.2 Å². The van der Waals surface area contributed by atoms with Crippen molar-refractivity contribution in [1.82, 2.24) is 5.06 Å². The number of hydrogen-bond donors (Lipinski definition) is 1. The van der Waals surface area contributed by atoms with Gasteiger partial charge in [-0.05, 0) is 12.3 Å². The van der Waals surface area contributed by atoms with E-state index in [1.54, 1.807) is 0 Å². The van der Waals surface area contributed by atoms with Gasteiger partial charge in [-0.2, -0.15) is 0 Å². The Morgan fingerprint density at radius 1 is 0.773 bits per heavy atom. The van der Waals surface area contributed by atoms with E-state index in [-0.39, 0.29) is 5.91 Å². The summed E-state index contributed by atoms with van der Waals surface area (Å²) in [7, 11) is 1.40. The molecule has 22 heavy (non-hydrogen) atoms. The molecule has 0 saturated heterocycles. The molecule has 0 bridgehead atoms. The zero-order valence-corrected chi connectivity index (χ0v) is 15.3. The van der Waals surface area contributed by atoms with Crippen LogP contribution in [0.15, 0.2) is 0 Å². The Labute approximate surface area is 138 Å². The van der Waals surface area contributed by atoms with Crippen molar-refractivity contribution in [3.05, 3.63) is 0 Å². The van der Waals surface area contributed by atoms with Crippen molar-refractivity contribution >= 4 is 5.91 Å². The van der Waals surface area contributed by atoms with Crippen LogP contribution in [0.5, 0.6) is 0 Å². The van der Waals surface area contributed by atoms with Crippen molar-refractivity contribution in [3.8, 4) is 0 Å². The smallest absolute Gasteiger partial charge is 0.245 e. The molecule has 0 spiro atoms. The highest BCUT2D eigenvalue weighted by atomic mass is 16.5. The molecule has 0 aliphatic carbocycles. The SMILES string of the molecule is CC(C)CCCCCCCCCCCCCCC(=O)N(C)O. The Kier molecular flexibility index (Phi) is 14.9. The fourth-order valence-corrected chi connectivity index (χ4v) is 2.76. The highest BCUT2D eigenvalue weighted by molar-refractivity contribution is 5.74. The summed E-state index contributed by atoms with van der Waals surface area (Å²) >= 11 is 0. The largest absolute Gasteiger partial charge is 0.286 e. The third kappa shape index (κ3) is 15.8. The molecule has 0 rings (SSSR count). The minimum Gasteiger partial charge on any atom is -0.286 e. The molecule has 0 fully saturated rings. The molecule has 1 amide bonds. The topological polar surface area (TPSA) is 40.5 Å². The summed E-state index contributed by atoms with van der Waals surface area (Å²) in [5.41, 5.74) is 0. The lowest BCUT2D eigenvalue weighted by Crippen LogP contribution is -2.21. The van der Waals surface area contributed by atoms with Gasteiger partial charge in [-0.15, -0.1) is 0 Å². The average molecular weight is 314 g/mol. The lowest BCUT2D eigenvalue weighted by molar-refractivity contribution is -0.159. The van der Waals surface area contributed by atoms with Crippen LogP contribution in [0, 0.1) is 5.92 Å². The lowest BCUT2D eigenvalue weighted by atomic mass is 10.0. The normalized spacial score (nSPS) is 11.1. The van der Waals surface area contributed by atoms with Crippen LogP contribution in [-0.2, 0) is 4.79 Å². The molecule has 0 aromatic heterocycles. The zero-order chi connectivity index (χ0) is 16.6. The van der Waals surface area contributed by atoms with E-state index < -0.39 is 0 Å². The summed E-state index contributed by atoms with van der Waals surface area (Å²) in [4.78, 5) is 11.2. The Hall–Kier alpha value is -0.570. The van der Waals surface area contributed by atoms with Crippen LogP contribution in [0.4, 0.5) is 0 Å². The van der Waals surface area contributed by atoms with Crippen LogP contribution in [0.25, 0.3) is 0 Å². The minimum absolute atomic E-state index is 0.173. The molecular weight excluding hydrogens is 274 g/mol. The van der Waals surface area contributed by atoms with Gasteiger partial charge in [-0.25, -0.2) is 5.06 Å². The quantitative estimate of drug-likeness (QED) is 0.230. The van der Waals surface area contributed by atoms with E-state index in [9.17, 15) is 4.79 Å². The molecule has 3 heteroatoms. The number of hydroxylamine groups is 2. The van der Waals surface area contributed by atoms with Gasteiger partial charge in [0.25, 0.3) is 0 Å². The van der Waals surface area contributed by atoms with Crippen LogP contribution in [0.2, 0.25) is 0 Å². The van der Waals surface area contributed by atoms with E-state index >= 15 is 0 Å². The summed E-state index contributed by atoms with van der Waals surface area (Å²) < 4.78 is 0. The first-order valence-corrected chi connectivity index (χ1v) is 9.49. The van der Waals surface area contributed by atoms with Crippen molar-refractivity contribution in [3.63, 3.8) is 0 Å². The summed E-state index contributed by atoms with van der Waals surface area (Å²) in [6.45, 7) is 4.62. The monoisotopic (exact) mass is 313 g/mol. The van der Waals surface area contributed by atoms with E-state index in [0.717, 1.165) is 18.8 Å². The minimum atomic E-state index is -0.173. The van der Waals surface area contributed by atoms with Crippen LogP contribution >= 0.6 is 0 Å². The first-order chi connectivity index (χ1) is 10.5. The van der Waals surface area contributed by atoms with Crippen molar-refractivity contribution in [2.24, 2.45) is 5.92 Å². The van der Waals surface area contributed by atoms with Crippen molar-refractivity contribution < 1.29 is 10.0 Å². The molecule has 0 unspecified atom stereocenters. The third-order valence-corrected chi connectivity index (χ3v) is 4.28. The number of carbonyl (C=O) groups is 1. The van der Waals surface area contributed by atoms with E-state index in [0.29, 0.717) is 11.5 Å². The van der Waals surface area contributed by atoms with E-state index in [4.69, 9.17) is 5.21 Å². The highest BCUT2D eigenvalue weighted by Crippen LogP contribution is 2.14. The van der Waals surface area contributed by atoms with Gasteiger partial charge in [0.1, 0.15) is 0 Å². The Bertz CT molecular complexity index is 252. The predicted octanol–water partition coefficient (Wildman–Crippen LogP) is 5.95. The fraction of sp³-hybridized carbons (Fsp3) is 0.947. The Balaban J connectivity index is 3.07.